The molecule has 17 heavy (non-hydrogen) atoms. The summed E-state index contributed by atoms with van der Waals surface area (Å²) in [6.45, 7) is 1.55. The zero-order valence-corrected chi connectivity index (χ0v) is 8.75. The predicted molar refractivity (Wildman–Crippen MR) is 51.4 cm³/mol. The van der Waals surface area contributed by atoms with Crippen molar-refractivity contribution in [3.63, 3.8) is 0 Å². The first-order valence-electron chi connectivity index (χ1n) is 4.69. The Kier molecular flexibility index (Phi) is 2.84. The maximum Gasteiger partial charge on any atom is 0.223 e. The van der Waals surface area contributed by atoms with E-state index >= 15 is 0 Å². The molecule has 0 saturated carbocycles. The summed E-state index contributed by atoms with van der Waals surface area (Å²) in [5.74, 6) is -3.80. The van der Waals surface area contributed by atoms with Crippen LogP contribution < -0.4 is 5.73 Å². The lowest BCUT2D eigenvalue weighted by Crippen LogP contribution is -2.14. The van der Waals surface area contributed by atoms with Crippen LogP contribution in [0, 0.1) is 24.4 Å². The third kappa shape index (κ3) is 2.14. The van der Waals surface area contributed by atoms with Crippen molar-refractivity contribution in [1.29, 1.82) is 0 Å². The number of aryl methyl sites for hydroxylation is 1. The van der Waals surface area contributed by atoms with Gasteiger partial charge in [0.1, 0.15) is 0 Å². The molecule has 1 aromatic heterocycles. The van der Waals surface area contributed by atoms with E-state index in [2.05, 4.69) is 14.7 Å². The van der Waals surface area contributed by atoms with Crippen LogP contribution in [0.5, 0.6) is 0 Å². The summed E-state index contributed by atoms with van der Waals surface area (Å²) in [6.07, 6.45) is 0. The number of hydrogen-bond acceptors (Lipinski definition) is 4. The number of aromatic nitrogens is 2. The Morgan fingerprint density at radius 2 is 1.82 bits per heavy atom. The SMILES string of the molecule is Cc1nc(C(N)c2cc(F)c(F)c(F)c2)no1. The molecule has 1 unspecified atom stereocenters. The van der Waals surface area contributed by atoms with E-state index in [1.807, 2.05) is 0 Å². The minimum atomic E-state index is -1.54. The molecular weight excluding hydrogens is 235 g/mol. The maximum absolute atomic E-state index is 13.0. The molecule has 90 valence electrons. The highest BCUT2D eigenvalue weighted by atomic mass is 19.2. The van der Waals surface area contributed by atoms with Crippen LogP contribution in [0.3, 0.4) is 0 Å². The van der Waals surface area contributed by atoms with Crippen molar-refractivity contribution in [3.8, 4) is 0 Å². The fourth-order valence-electron chi connectivity index (χ4n) is 1.35. The average molecular weight is 243 g/mol. The Bertz CT molecular complexity index is 532. The first-order chi connectivity index (χ1) is 7.99. The van der Waals surface area contributed by atoms with Crippen LogP contribution >= 0.6 is 0 Å². The van der Waals surface area contributed by atoms with E-state index in [4.69, 9.17) is 5.73 Å². The van der Waals surface area contributed by atoms with Gasteiger partial charge >= 0.3 is 0 Å². The number of nitrogens with zero attached hydrogens (tertiary/aromatic N) is 2. The van der Waals surface area contributed by atoms with Gasteiger partial charge in [-0.05, 0) is 17.7 Å². The summed E-state index contributed by atoms with van der Waals surface area (Å²) in [5.41, 5.74) is 5.71. The summed E-state index contributed by atoms with van der Waals surface area (Å²) in [6, 6.07) is 0.626. The van der Waals surface area contributed by atoms with Crippen molar-refractivity contribution >= 4 is 0 Å². The molecule has 1 aromatic carbocycles. The van der Waals surface area contributed by atoms with E-state index in [-0.39, 0.29) is 17.3 Å². The van der Waals surface area contributed by atoms with Crippen molar-refractivity contribution < 1.29 is 17.7 Å². The van der Waals surface area contributed by atoms with Gasteiger partial charge in [0.25, 0.3) is 0 Å². The lowest BCUT2D eigenvalue weighted by atomic mass is 10.1. The second-order valence-corrected chi connectivity index (χ2v) is 3.45. The molecule has 1 atom stereocenters. The van der Waals surface area contributed by atoms with Gasteiger partial charge in [-0.15, -0.1) is 0 Å². The van der Waals surface area contributed by atoms with Crippen LogP contribution in [0.1, 0.15) is 23.3 Å². The van der Waals surface area contributed by atoms with E-state index in [9.17, 15) is 13.2 Å². The number of halogens is 3. The van der Waals surface area contributed by atoms with Gasteiger partial charge in [-0.2, -0.15) is 4.98 Å². The van der Waals surface area contributed by atoms with Crippen LogP contribution in [0.25, 0.3) is 0 Å². The standard InChI is InChI=1S/C10H8F3N3O/c1-4-15-10(16-17-4)9(14)5-2-6(11)8(13)7(12)3-5/h2-3,9H,14H2,1H3. The fraction of sp³-hybridized carbons (Fsp3) is 0.200. The highest BCUT2D eigenvalue weighted by Crippen LogP contribution is 2.21. The number of nitrogens with two attached hydrogens (primary N) is 1. The molecule has 4 nitrogen and oxygen atoms in total. The molecule has 0 spiro atoms. The lowest BCUT2D eigenvalue weighted by molar-refractivity contribution is 0.385. The van der Waals surface area contributed by atoms with Crippen LogP contribution in [0.15, 0.2) is 16.7 Å². The Morgan fingerprint density at radius 1 is 1.24 bits per heavy atom. The van der Waals surface area contributed by atoms with Gasteiger partial charge in [0.2, 0.25) is 5.89 Å². The summed E-state index contributed by atoms with van der Waals surface area (Å²) >= 11 is 0. The molecule has 2 aromatic rings. The molecule has 0 fully saturated rings. The molecule has 0 aliphatic heterocycles. The van der Waals surface area contributed by atoms with Crippen LogP contribution in [-0.4, -0.2) is 10.1 Å². The molecule has 2 rings (SSSR count). The van der Waals surface area contributed by atoms with Crippen molar-refractivity contribution in [2.24, 2.45) is 5.73 Å². The van der Waals surface area contributed by atoms with Gasteiger partial charge in [0, 0.05) is 6.92 Å². The topological polar surface area (TPSA) is 64.9 Å². The van der Waals surface area contributed by atoms with Crippen LogP contribution in [0.4, 0.5) is 13.2 Å². The smallest absolute Gasteiger partial charge is 0.223 e. The summed E-state index contributed by atoms with van der Waals surface area (Å²) in [5, 5.41) is 3.52. The second kappa shape index (κ2) is 4.17. The third-order valence-corrected chi connectivity index (χ3v) is 2.19. The van der Waals surface area contributed by atoms with E-state index in [0.717, 1.165) is 12.1 Å². The average Bonchev–Trinajstić information content (AvgIpc) is 2.71. The molecule has 7 heteroatoms. The quantitative estimate of drug-likeness (QED) is 0.817. The Labute approximate surface area is 94.2 Å². The predicted octanol–water partition coefficient (Wildman–Crippen LogP) is 1.84. The maximum atomic E-state index is 13.0. The second-order valence-electron chi connectivity index (χ2n) is 3.45. The third-order valence-electron chi connectivity index (χ3n) is 2.19. The van der Waals surface area contributed by atoms with Gasteiger partial charge in [0.05, 0.1) is 6.04 Å². The fourth-order valence-corrected chi connectivity index (χ4v) is 1.35. The van der Waals surface area contributed by atoms with Gasteiger partial charge in [-0.25, -0.2) is 13.2 Å². The first kappa shape index (κ1) is 11.6. The molecule has 0 saturated heterocycles. The monoisotopic (exact) mass is 243 g/mol. The molecule has 0 amide bonds. The number of hydrogen-bond donors (Lipinski definition) is 1. The van der Waals surface area contributed by atoms with Crippen molar-refractivity contribution in [1.82, 2.24) is 10.1 Å². The molecule has 0 aliphatic carbocycles. The van der Waals surface area contributed by atoms with Crippen molar-refractivity contribution in [3.05, 3.63) is 46.9 Å². The molecule has 0 radical (unpaired) electrons. The van der Waals surface area contributed by atoms with Crippen LogP contribution in [0.2, 0.25) is 0 Å². The lowest BCUT2D eigenvalue weighted by Gasteiger charge is -2.08. The minimum Gasteiger partial charge on any atom is -0.340 e. The number of benzene rings is 1. The molecule has 2 N–H and O–H groups in total. The zero-order valence-electron chi connectivity index (χ0n) is 8.75. The minimum absolute atomic E-state index is 0.0298. The Hall–Kier alpha value is -1.89. The Balaban J connectivity index is 2.41. The summed E-state index contributed by atoms with van der Waals surface area (Å²) in [7, 11) is 0. The summed E-state index contributed by atoms with van der Waals surface area (Å²) < 4.78 is 43.4. The van der Waals surface area contributed by atoms with Gasteiger partial charge < -0.3 is 10.3 Å². The van der Waals surface area contributed by atoms with E-state index < -0.39 is 23.5 Å². The molecular formula is C10H8F3N3O. The largest absolute Gasteiger partial charge is 0.340 e. The number of rotatable bonds is 2. The van der Waals surface area contributed by atoms with Crippen molar-refractivity contribution in [2.75, 3.05) is 0 Å². The first-order valence-corrected chi connectivity index (χ1v) is 4.69. The van der Waals surface area contributed by atoms with Crippen LogP contribution in [-0.2, 0) is 0 Å². The molecule has 0 aliphatic rings. The highest BCUT2D eigenvalue weighted by molar-refractivity contribution is 5.26. The zero-order chi connectivity index (χ0) is 12.6. The molecule has 1 heterocycles. The van der Waals surface area contributed by atoms with E-state index in [1.165, 1.54) is 0 Å². The van der Waals surface area contributed by atoms with Gasteiger partial charge in [0.15, 0.2) is 23.3 Å². The van der Waals surface area contributed by atoms with Gasteiger partial charge in [-0.1, -0.05) is 5.16 Å². The summed E-state index contributed by atoms with van der Waals surface area (Å²) in [4.78, 5) is 3.83. The van der Waals surface area contributed by atoms with E-state index in [0.29, 0.717) is 0 Å². The molecule has 0 bridgehead atoms. The van der Waals surface area contributed by atoms with E-state index in [1.54, 1.807) is 6.92 Å². The Morgan fingerprint density at radius 3 is 2.29 bits per heavy atom. The normalized spacial score (nSPS) is 12.8. The highest BCUT2D eigenvalue weighted by Gasteiger charge is 2.19. The van der Waals surface area contributed by atoms with Crippen molar-refractivity contribution in [2.45, 2.75) is 13.0 Å². The van der Waals surface area contributed by atoms with Gasteiger partial charge in [-0.3, -0.25) is 0 Å².